The molecule has 0 spiro atoms. The highest BCUT2D eigenvalue weighted by atomic mass is 19.1. The average Bonchev–Trinajstić information content (AvgIpc) is 2.46. The quantitative estimate of drug-likeness (QED) is 0.904. The van der Waals surface area contributed by atoms with Crippen LogP contribution in [0.2, 0.25) is 0 Å². The molecule has 106 valence electrons. The Hall–Kier alpha value is -1.87. The van der Waals surface area contributed by atoms with Gasteiger partial charge in [-0.3, -0.25) is 0 Å². The summed E-state index contributed by atoms with van der Waals surface area (Å²) in [5, 5.41) is 9.60. The van der Waals surface area contributed by atoms with Crippen molar-refractivity contribution >= 4 is 0 Å². The van der Waals surface area contributed by atoms with Crippen LogP contribution in [-0.4, -0.2) is 18.8 Å². The van der Waals surface area contributed by atoms with Crippen LogP contribution in [0.25, 0.3) is 0 Å². The number of hydrogen-bond donors (Lipinski definition) is 1. The molecule has 2 aromatic rings. The number of aliphatic hydroxyl groups excluding tert-OH is 1. The second kappa shape index (κ2) is 6.53. The zero-order valence-corrected chi connectivity index (χ0v) is 11.8. The van der Waals surface area contributed by atoms with Crippen LogP contribution in [0.3, 0.4) is 0 Å². The fourth-order valence-corrected chi connectivity index (χ4v) is 2.37. The Kier molecular flexibility index (Phi) is 4.74. The fraction of sp³-hybridized carbons (Fsp3) is 0.294. The lowest BCUT2D eigenvalue weighted by molar-refractivity contribution is 0.263. The van der Waals surface area contributed by atoms with Gasteiger partial charge in [-0.05, 0) is 42.2 Å². The Morgan fingerprint density at radius 3 is 2.55 bits per heavy atom. The molecule has 1 N–H and O–H groups in total. The van der Waals surface area contributed by atoms with Gasteiger partial charge in [0.05, 0.1) is 13.7 Å². The Morgan fingerprint density at radius 2 is 1.95 bits per heavy atom. The summed E-state index contributed by atoms with van der Waals surface area (Å²) in [6.07, 6.45) is 0.481. The van der Waals surface area contributed by atoms with Crippen LogP contribution in [0.15, 0.2) is 42.5 Å². The van der Waals surface area contributed by atoms with Gasteiger partial charge in [-0.15, -0.1) is 0 Å². The summed E-state index contributed by atoms with van der Waals surface area (Å²) < 4.78 is 18.9. The molecule has 2 nitrogen and oxygen atoms in total. The minimum absolute atomic E-state index is 0.0138. The molecule has 1 atom stereocenters. The van der Waals surface area contributed by atoms with Crippen LogP contribution >= 0.6 is 0 Å². The molecule has 0 heterocycles. The molecule has 0 amide bonds. The number of rotatable bonds is 5. The third kappa shape index (κ3) is 3.17. The van der Waals surface area contributed by atoms with E-state index in [-0.39, 0.29) is 18.3 Å². The van der Waals surface area contributed by atoms with Crippen molar-refractivity contribution in [2.45, 2.75) is 19.3 Å². The lowest BCUT2D eigenvalue weighted by atomic mass is 9.91. The maximum Gasteiger partial charge on any atom is 0.126 e. The van der Waals surface area contributed by atoms with E-state index in [1.54, 1.807) is 19.2 Å². The van der Waals surface area contributed by atoms with Gasteiger partial charge in [-0.1, -0.05) is 30.3 Å². The minimum atomic E-state index is -0.226. The Bertz CT molecular complexity index is 581. The SMILES string of the molecule is COc1ccc(C(CO)Cc2ccccc2F)cc1C. The summed E-state index contributed by atoms with van der Waals surface area (Å²) in [7, 11) is 1.63. The van der Waals surface area contributed by atoms with Gasteiger partial charge in [0.2, 0.25) is 0 Å². The summed E-state index contributed by atoms with van der Waals surface area (Å²) in [4.78, 5) is 0. The molecule has 0 radical (unpaired) electrons. The predicted molar refractivity (Wildman–Crippen MR) is 77.7 cm³/mol. The van der Waals surface area contributed by atoms with Crippen molar-refractivity contribution in [3.63, 3.8) is 0 Å². The van der Waals surface area contributed by atoms with Crippen LogP contribution in [0.4, 0.5) is 4.39 Å². The number of ether oxygens (including phenoxy) is 1. The average molecular weight is 274 g/mol. The highest BCUT2D eigenvalue weighted by Crippen LogP contribution is 2.26. The molecule has 0 bridgehead atoms. The number of methoxy groups -OCH3 is 1. The number of halogens is 1. The third-order valence-corrected chi connectivity index (χ3v) is 3.53. The van der Waals surface area contributed by atoms with E-state index in [0.29, 0.717) is 12.0 Å². The summed E-state index contributed by atoms with van der Waals surface area (Å²) in [5.74, 6) is 0.476. The molecular formula is C17H19FO2. The van der Waals surface area contributed by atoms with Crippen LogP contribution < -0.4 is 4.74 Å². The van der Waals surface area contributed by atoms with E-state index in [0.717, 1.165) is 16.9 Å². The first-order chi connectivity index (χ1) is 9.65. The molecule has 0 fully saturated rings. The Balaban J connectivity index is 2.24. The zero-order chi connectivity index (χ0) is 14.5. The van der Waals surface area contributed by atoms with Crippen molar-refractivity contribution < 1.29 is 14.2 Å². The van der Waals surface area contributed by atoms with E-state index in [9.17, 15) is 9.50 Å². The molecular weight excluding hydrogens is 255 g/mol. The van der Waals surface area contributed by atoms with E-state index in [4.69, 9.17) is 4.74 Å². The maximum atomic E-state index is 13.7. The van der Waals surface area contributed by atoms with Crippen molar-refractivity contribution in [3.05, 3.63) is 65.0 Å². The normalized spacial score (nSPS) is 12.2. The molecule has 0 saturated carbocycles. The van der Waals surface area contributed by atoms with E-state index in [1.807, 2.05) is 31.2 Å². The molecule has 0 saturated heterocycles. The van der Waals surface area contributed by atoms with Crippen LogP contribution in [0, 0.1) is 12.7 Å². The second-order valence-electron chi connectivity index (χ2n) is 4.90. The van der Waals surface area contributed by atoms with E-state index in [1.165, 1.54) is 6.07 Å². The molecule has 1 unspecified atom stereocenters. The van der Waals surface area contributed by atoms with Gasteiger partial charge in [0.25, 0.3) is 0 Å². The van der Waals surface area contributed by atoms with Gasteiger partial charge < -0.3 is 9.84 Å². The number of aryl methyl sites for hydroxylation is 1. The van der Waals surface area contributed by atoms with Crippen molar-refractivity contribution in [1.82, 2.24) is 0 Å². The highest BCUT2D eigenvalue weighted by molar-refractivity contribution is 5.38. The first kappa shape index (κ1) is 14.5. The van der Waals surface area contributed by atoms with E-state index >= 15 is 0 Å². The van der Waals surface area contributed by atoms with E-state index < -0.39 is 0 Å². The van der Waals surface area contributed by atoms with Gasteiger partial charge in [0, 0.05) is 5.92 Å². The van der Waals surface area contributed by atoms with Crippen LogP contribution in [-0.2, 0) is 6.42 Å². The molecule has 2 rings (SSSR count). The zero-order valence-electron chi connectivity index (χ0n) is 11.8. The van der Waals surface area contributed by atoms with Gasteiger partial charge in [-0.2, -0.15) is 0 Å². The molecule has 3 heteroatoms. The molecule has 2 aromatic carbocycles. The number of benzene rings is 2. The van der Waals surface area contributed by atoms with E-state index in [2.05, 4.69) is 0 Å². The molecule has 0 aliphatic heterocycles. The molecule has 0 aliphatic carbocycles. The maximum absolute atomic E-state index is 13.7. The smallest absolute Gasteiger partial charge is 0.126 e. The number of hydrogen-bond acceptors (Lipinski definition) is 2. The van der Waals surface area contributed by atoms with Gasteiger partial charge >= 0.3 is 0 Å². The highest BCUT2D eigenvalue weighted by Gasteiger charge is 2.14. The monoisotopic (exact) mass is 274 g/mol. The Labute approximate surface area is 118 Å². The van der Waals surface area contributed by atoms with Crippen LogP contribution in [0.1, 0.15) is 22.6 Å². The Morgan fingerprint density at radius 1 is 1.20 bits per heavy atom. The lowest BCUT2D eigenvalue weighted by Crippen LogP contribution is -2.09. The lowest BCUT2D eigenvalue weighted by Gasteiger charge is -2.17. The second-order valence-corrected chi connectivity index (χ2v) is 4.90. The third-order valence-electron chi connectivity index (χ3n) is 3.53. The largest absolute Gasteiger partial charge is 0.496 e. The summed E-state index contributed by atoms with van der Waals surface area (Å²) in [5.41, 5.74) is 2.63. The van der Waals surface area contributed by atoms with Gasteiger partial charge in [0.1, 0.15) is 11.6 Å². The number of aliphatic hydroxyl groups is 1. The summed E-state index contributed by atoms with van der Waals surface area (Å²) >= 11 is 0. The molecule has 0 aromatic heterocycles. The first-order valence-electron chi connectivity index (χ1n) is 6.64. The van der Waals surface area contributed by atoms with Crippen LogP contribution in [0.5, 0.6) is 5.75 Å². The first-order valence-corrected chi connectivity index (χ1v) is 6.64. The minimum Gasteiger partial charge on any atom is -0.496 e. The molecule has 0 aliphatic rings. The standard InChI is InChI=1S/C17H19FO2/c1-12-9-13(7-8-17(12)20-2)15(11-19)10-14-5-3-4-6-16(14)18/h3-9,15,19H,10-11H2,1-2H3. The predicted octanol–water partition coefficient (Wildman–Crippen LogP) is 3.46. The summed E-state index contributed by atoms with van der Waals surface area (Å²) in [6.45, 7) is 1.94. The van der Waals surface area contributed by atoms with Gasteiger partial charge in [-0.25, -0.2) is 4.39 Å². The molecule has 20 heavy (non-hydrogen) atoms. The van der Waals surface area contributed by atoms with Crippen molar-refractivity contribution in [2.75, 3.05) is 13.7 Å². The fourth-order valence-electron chi connectivity index (χ4n) is 2.37. The summed E-state index contributed by atoms with van der Waals surface area (Å²) in [6, 6.07) is 12.5. The van der Waals surface area contributed by atoms with Gasteiger partial charge in [0.15, 0.2) is 0 Å². The topological polar surface area (TPSA) is 29.5 Å². The van der Waals surface area contributed by atoms with Crippen molar-refractivity contribution in [3.8, 4) is 5.75 Å². The van der Waals surface area contributed by atoms with Crippen molar-refractivity contribution in [1.29, 1.82) is 0 Å². The van der Waals surface area contributed by atoms with Crippen molar-refractivity contribution in [2.24, 2.45) is 0 Å².